The average Bonchev–Trinajstić information content (AvgIpc) is 2.17. The third kappa shape index (κ3) is 2.87. The first-order valence-electron chi connectivity index (χ1n) is 4.39. The van der Waals surface area contributed by atoms with Crippen LogP contribution in [0.1, 0.15) is 18.1 Å². The summed E-state index contributed by atoms with van der Waals surface area (Å²) in [6, 6.07) is 5.92. The summed E-state index contributed by atoms with van der Waals surface area (Å²) in [7, 11) is 0. The van der Waals surface area contributed by atoms with Gasteiger partial charge in [-0.05, 0) is 29.8 Å². The first kappa shape index (κ1) is 10.3. The van der Waals surface area contributed by atoms with Crippen LogP contribution in [-0.4, -0.2) is 6.54 Å². The van der Waals surface area contributed by atoms with Gasteiger partial charge in [-0.25, -0.2) is 0 Å². The highest BCUT2D eigenvalue weighted by Crippen LogP contribution is 2.17. The first-order chi connectivity index (χ1) is 6.27. The largest absolute Gasteiger partial charge is 0.313 e. The summed E-state index contributed by atoms with van der Waals surface area (Å²) in [4.78, 5) is 0. The summed E-state index contributed by atoms with van der Waals surface area (Å²) in [6.45, 7) is 7.56. The third-order valence-electron chi connectivity index (χ3n) is 1.87. The van der Waals surface area contributed by atoms with Crippen LogP contribution in [-0.2, 0) is 6.54 Å². The van der Waals surface area contributed by atoms with E-state index >= 15 is 0 Å². The Morgan fingerprint density at radius 1 is 1.54 bits per heavy atom. The number of hydrogen-bond donors (Lipinski definition) is 1. The second kappa shape index (κ2) is 5.05. The molecule has 0 unspecified atom stereocenters. The van der Waals surface area contributed by atoms with E-state index in [1.165, 1.54) is 0 Å². The van der Waals surface area contributed by atoms with Gasteiger partial charge in [0.05, 0.1) is 0 Å². The highest BCUT2D eigenvalue weighted by atomic mass is 35.5. The van der Waals surface area contributed by atoms with Crippen molar-refractivity contribution in [3.63, 3.8) is 0 Å². The zero-order valence-corrected chi connectivity index (χ0v) is 8.56. The Balaban J connectivity index is 2.83. The molecule has 0 heterocycles. The molecule has 2 heteroatoms. The molecular weight excluding hydrogens is 182 g/mol. The van der Waals surface area contributed by atoms with Crippen molar-refractivity contribution >= 4 is 17.7 Å². The minimum atomic E-state index is 0.812. The fraction of sp³-hybridized carbons (Fsp3) is 0.273. The lowest BCUT2D eigenvalue weighted by Gasteiger charge is -2.05. The Morgan fingerprint density at radius 3 is 2.92 bits per heavy atom. The van der Waals surface area contributed by atoms with Crippen LogP contribution in [0.2, 0.25) is 5.02 Å². The molecule has 1 N–H and O–H groups in total. The maximum atomic E-state index is 6.01. The van der Waals surface area contributed by atoms with Gasteiger partial charge in [-0.1, -0.05) is 37.2 Å². The van der Waals surface area contributed by atoms with E-state index in [2.05, 4.69) is 24.9 Å². The SMILES string of the molecule is C=Cc1ccc(Cl)c(CNCC)c1. The molecule has 1 aromatic rings. The van der Waals surface area contributed by atoms with Crippen LogP contribution in [0.15, 0.2) is 24.8 Å². The zero-order valence-electron chi connectivity index (χ0n) is 7.81. The summed E-state index contributed by atoms with van der Waals surface area (Å²) in [5, 5.41) is 4.05. The molecular formula is C11H14ClN. The van der Waals surface area contributed by atoms with Crippen LogP contribution in [0.5, 0.6) is 0 Å². The van der Waals surface area contributed by atoms with Crippen LogP contribution in [0, 0.1) is 0 Å². The molecule has 0 radical (unpaired) electrons. The minimum Gasteiger partial charge on any atom is -0.313 e. The highest BCUT2D eigenvalue weighted by Gasteiger charge is 1.99. The van der Waals surface area contributed by atoms with Crippen molar-refractivity contribution in [2.24, 2.45) is 0 Å². The Morgan fingerprint density at radius 2 is 2.31 bits per heavy atom. The highest BCUT2D eigenvalue weighted by molar-refractivity contribution is 6.31. The fourth-order valence-electron chi connectivity index (χ4n) is 1.12. The zero-order chi connectivity index (χ0) is 9.68. The first-order valence-corrected chi connectivity index (χ1v) is 4.77. The molecule has 0 aliphatic carbocycles. The Labute approximate surface area is 84.4 Å². The molecule has 0 saturated heterocycles. The molecule has 1 aromatic carbocycles. The van der Waals surface area contributed by atoms with Crippen LogP contribution >= 0.6 is 11.6 Å². The summed E-state index contributed by atoms with van der Waals surface area (Å²) >= 11 is 6.01. The second-order valence-electron chi connectivity index (χ2n) is 2.84. The lowest BCUT2D eigenvalue weighted by atomic mass is 10.1. The van der Waals surface area contributed by atoms with Crippen molar-refractivity contribution in [2.75, 3.05) is 6.54 Å². The molecule has 0 spiro atoms. The van der Waals surface area contributed by atoms with Crippen molar-refractivity contribution in [2.45, 2.75) is 13.5 Å². The van der Waals surface area contributed by atoms with Gasteiger partial charge in [-0.2, -0.15) is 0 Å². The van der Waals surface area contributed by atoms with Crippen LogP contribution in [0.4, 0.5) is 0 Å². The normalized spacial score (nSPS) is 10.0. The number of rotatable bonds is 4. The van der Waals surface area contributed by atoms with Gasteiger partial charge in [0.25, 0.3) is 0 Å². The van der Waals surface area contributed by atoms with Gasteiger partial charge in [0.2, 0.25) is 0 Å². The van der Waals surface area contributed by atoms with E-state index in [4.69, 9.17) is 11.6 Å². The van der Waals surface area contributed by atoms with E-state index in [0.717, 1.165) is 29.2 Å². The maximum Gasteiger partial charge on any atom is 0.0451 e. The molecule has 0 amide bonds. The van der Waals surface area contributed by atoms with Gasteiger partial charge in [0.15, 0.2) is 0 Å². The van der Waals surface area contributed by atoms with Crippen LogP contribution in [0.3, 0.4) is 0 Å². The monoisotopic (exact) mass is 195 g/mol. The van der Waals surface area contributed by atoms with Crippen molar-refractivity contribution in [3.05, 3.63) is 40.9 Å². The number of halogens is 1. The van der Waals surface area contributed by atoms with E-state index in [-0.39, 0.29) is 0 Å². The summed E-state index contributed by atoms with van der Waals surface area (Å²) in [5.41, 5.74) is 2.23. The van der Waals surface area contributed by atoms with Gasteiger partial charge >= 0.3 is 0 Å². The minimum absolute atomic E-state index is 0.812. The van der Waals surface area contributed by atoms with Crippen molar-refractivity contribution in [1.82, 2.24) is 5.32 Å². The standard InChI is InChI=1S/C11H14ClN/c1-3-9-5-6-11(12)10(7-9)8-13-4-2/h3,5-7,13H,1,4,8H2,2H3. The average molecular weight is 196 g/mol. The molecule has 0 aliphatic rings. The van der Waals surface area contributed by atoms with Crippen molar-refractivity contribution < 1.29 is 0 Å². The molecule has 0 aliphatic heterocycles. The lowest BCUT2D eigenvalue weighted by molar-refractivity contribution is 0.727. The molecule has 13 heavy (non-hydrogen) atoms. The van der Waals surface area contributed by atoms with E-state index in [0.29, 0.717) is 0 Å². The maximum absolute atomic E-state index is 6.01. The molecule has 70 valence electrons. The van der Waals surface area contributed by atoms with E-state index in [1.807, 2.05) is 18.2 Å². The van der Waals surface area contributed by atoms with E-state index in [1.54, 1.807) is 0 Å². The summed E-state index contributed by atoms with van der Waals surface area (Å²) in [5.74, 6) is 0. The molecule has 1 rings (SSSR count). The Hall–Kier alpha value is -0.790. The van der Waals surface area contributed by atoms with E-state index in [9.17, 15) is 0 Å². The van der Waals surface area contributed by atoms with Crippen molar-refractivity contribution in [3.8, 4) is 0 Å². The van der Waals surface area contributed by atoms with Crippen molar-refractivity contribution in [1.29, 1.82) is 0 Å². The van der Waals surface area contributed by atoms with Gasteiger partial charge in [0.1, 0.15) is 0 Å². The summed E-state index contributed by atoms with van der Waals surface area (Å²) < 4.78 is 0. The quantitative estimate of drug-likeness (QED) is 0.779. The topological polar surface area (TPSA) is 12.0 Å². The fourth-order valence-corrected chi connectivity index (χ4v) is 1.30. The van der Waals surface area contributed by atoms with Gasteiger partial charge in [0, 0.05) is 11.6 Å². The molecule has 0 aromatic heterocycles. The van der Waals surface area contributed by atoms with Gasteiger partial charge in [-0.15, -0.1) is 0 Å². The van der Waals surface area contributed by atoms with Gasteiger partial charge in [-0.3, -0.25) is 0 Å². The van der Waals surface area contributed by atoms with Crippen LogP contribution in [0.25, 0.3) is 6.08 Å². The number of hydrogen-bond acceptors (Lipinski definition) is 1. The molecule has 0 atom stereocenters. The van der Waals surface area contributed by atoms with E-state index < -0.39 is 0 Å². The number of nitrogens with one attached hydrogen (secondary N) is 1. The molecule has 0 bridgehead atoms. The Bertz CT molecular complexity index is 294. The van der Waals surface area contributed by atoms with Crippen LogP contribution < -0.4 is 5.32 Å². The van der Waals surface area contributed by atoms with Gasteiger partial charge < -0.3 is 5.32 Å². The number of benzene rings is 1. The Kier molecular flexibility index (Phi) is 4.00. The predicted molar refractivity (Wildman–Crippen MR) is 58.9 cm³/mol. The molecule has 0 saturated carbocycles. The predicted octanol–water partition coefficient (Wildman–Crippen LogP) is 3.09. The lowest BCUT2D eigenvalue weighted by Crippen LogP contribution is -2.12. The molecule has 1 nitrogen and oxygen atoms in total. The third-order valence-corrected chi connectivity index (χ3v) is 2.24. The summed E-state index contributed by atoms with van der Waals surface area (Å²) in [6.07, 6.45) is 1.83. The smallest absolute Gasteiger partial charge is 0.0451 e. The second-order valence-corrected chi connectivity index (χ2v) is 3.24. The molecule has 0 fully saturated rings.